The number of aromatic nitrogens is 1. The van der Waals surface area contributed by atoms with Gasteiger partial charge in [0.2, 0.25) is 0 Å². The Morgan fingerprint density at radius 2 is 1.96 bits per heavy atom. The number of anilines is 1. The monoisotopic (exact) mass is 384 g/mol. The van der Waals surface area contributed by atoms with Gasteiger partial charge in [-0.3, -0.25) is 9.89 Å². The maximum atomic E-state index is 4.92. The standard InChI is InChI=1S/C21H32N6O/c1-3-26(20-8-5-4-6-9-20)12-7-11-23-21(22-2)27-15-13-25(14-16-27)18-19-10-17-28-24-19/h4-6,8-10,17H,3,7,11-16,18H2,1-2H3,(H,22,23). The molecule has 2 heterocycles. The van der Waals surface area contributed by atoms with Crippen molar-refractivity contribution in [1.29, 1.82) is 0 Å². The number of benzene rings is 1. The van der Waals surface area contributed by atoms with Gasteiger partial charge in [-0.15, -0.1) is 0 Å². The molecule has 28 heavy (non-hydrogen) atoms. The van der Waals surface area contributed by atoms with Crippen LogP contribution in [0.15, 0.2) is 52.2 Å². The van der Waals surface area contributed by atoms with Crippen molar-refractivity contribution >= 4 is 11.6 Å². The second kappa shape index (κ2) is 10.7. The van der Waals surface area contributed by atoms with E-state index in [1.54, 1.807) is 6.26 Å². The molecule has 1 saturated heterocycles. The molecule has 0 atom stereocenters. The van der Waals surface area contributed by atoms with Crippen LogP contribution in [0, 0.1) is 0 Å². The zero-order valence-electron chi connectivity index (χ0n) is 17.0. The fourth-order valence-electron chi connectivity index (χ4n) is 3.58. The average molecular weight is 385 g/mol. The molecule has 0 bridgehead atoms. The highest BCUT2D eigenvalue weighted by atomic mass is 16.5. The summed E-state index contributed by atoms with van der Waals surface area (Å²) in [6.07, 6.45) is 2.71. The average Bonchev–Trinajstić information content (AvgIpc) is 3.25. The molecule has 0 radical (unpaired) electrons. The van der Waals surface area contributed by atoms with Gasteiger partial charge in [-0.05, 0) is 25.5 Å². The van der Waals surface area contributed by atoms with Crippen LogP contribution in [0.25, 0.3) is 0 Å². The van der Waals surface area contributed by atoms with E-state index in [1.165, 1.54) is 5.69 Å². The Labute approximate surface area is 168 Å². The largest absolute Gasteiger partial charge is 0.372 e. The van der Waals surface area contributed by atoms with Gasteiger partial charge >= 0.3 is 0 Å². The second-order valence-corrected chi connectivity index (χ2v) is 7.00. The first-order valence-corrected chi connectivity index (χ1v) is 10.2. The molecule has 1 aromatic carbocycles. The van der Waals surface area contributed by atoms with Gasteiger partial charge in [-0.25, -0.2) is 0 Å². The minimum atomic E-state index is 0.850. The number of hydrogen-bond acceptors (Lipinski definition) is 5. The lowest BCUT2D eigenvalue weighted by Gasteiger charge is -2.36. The van der Waals surface area contributed by atoms with E-state index in [9.17, 15) is 0 Å². The summed E-state index contributed by atoms with van der Waals surface area (Å²) in [4.78, 5) is 11.6. The van der Waals surface area contributed by atoms with Crippen molar-refractivity contribution < 1.29 is 4.52 Å². The van der Waals surface area contributed by atoms with Gasteiger partial charge in [-0.2, -0.15) is 0 Å². The van der Waals surface area contributed by atoms with Crippen LogP contribution in [0.5, 0.6) is 0 Å². The Morgan fingerprint density at radius 1 is 1.18 bits per heavy atom. The minimum Gasteiger partial charge on any atom is -0.372 e. The van der Waals surface area contributed by atoms with Gasteiger partial charge in [-0.1, -0.05) is 23.4 Å². The van der Waals surface area contributed by atoms with E-state index < -0.39 is 0 Å². The van der Waals surface area contributed by atoms with Crippen molar-refractivity contribution in [3.63, 3.8) is 0 Å². The lowest BCUT2D eigenvalue weighted by molar-refractivity contribution is 0.169. The Morgan fingerprint density at radius 3 is 2.61 bits per heavy atom. The number of piperazine rings is 1. The molecule has 1 aromatic heterocycles. The molecule has 1 N–H and O–H groups in total. The van der Waals surface area contributed by atoms with E-state index in [1.807, 2.05) is 13.1 Å². The molecular formula is C21H32N6O. The summed E-state index contributed by atoms with van der Waals surface area (Å²) < 4.78 is 4.92. The molecule has 0 unspecified atom stereocenters. The topological polar surface area (TPSA) is 60.1 Å². The quantitative estimate of drug-likeness (QED) is 0.428. The molecule has 0 aliphatic carbocycles. The van der Waals surface area contributed by atoms with Crippen LogP contribution in [-0.2, 0) is 6.54 Å². The highest BCUT2D eigenvalue weighted by Gasteiger charge is 2.20. The van der Waals surface area contributed by atoms with E-state index in [0.717, 1.165) is 70.4 Å². The summed E-state index contributed by atoms with van der Waals surface area (Å²) >= 11 is 0. The summed E-state index contributed by atoms with van der Waals surface area (Å²) in [6.45, 7) is 10.00. The molecular weight excluding hydrogens is 352 g/mol. The van der Waals surface area contributed by atoms with Gasteiger partial charge in [0.25, 0.3) is 0 Å². The molecule has 1 fully saturated rings. The summed E-state index contributed by atoms with van der Waals surface area (Å²) in [6, 6.07) is 12.5. The molecule has 7 heteroatoms. The second-order valence-electron chi connectivity index (χ2n) is 7.00. The number of nitrogens with zero attached hydrogens (tertiary/aromatic N) is 5. The number of nitrogens with one attached hydrogen (secondary N) is 1. The van der Waals surface area contributed by atoms with Crippen LogP contribution in [0.2, 0.25) is 0 Å². The Balaban J connectivity index is 1.38. The number of para-hydroxylation sites is 1. The first-order valence-electron chi connectivity index (χ1n) is 10.2. The molecule has 7 nitrogen and oxygen atoms in total. The van der Waals surface area contributed by atoms with Crippen molar-refractivity contribution in [1.82, 2.24) is 20.3 Å². The Hall–Kier alpha value is -2.54. The van der Waals surface area contributed by atoms with Crippen molar-refractivity contribution in [2.24, 2.45) is 4.99 Å². The first kappa shape index (κ1) is 20.2. The van der Waals surface area contributed by atoms with Crippen molar-refractivity contribution in [2.45, 2.75) is 19.9 Å². The van der Waals surface area contributed by atoms with E-state index in [2.05, 4.69) is 67.4 Å². The third-order valence-corrected chi connectivity index (χ3v) is 5.15. The van der Waals surface area contributed by atoms with Crippen LogP contribution in [0.3, 0.4) is 0 Å². The first-order chi connectivity index (χ1) is 13.8. The smallest absolute Gasteiger partial charge is 0.193 e. The number of rotatable bonds is 8. The van der Waals surface area contributed by atoms with Crippen LogP contribution >= 0.6 is 0 Å². The molecule has 2 aromatic rings. The number of hydrogen-bond donors (Lipinski definition) is 1. The molecule has 1 aliphatic heterocycles. The molecule has 3 rings (SSSR count). The van der Waals surface area contributed by atoms with Crippen LogP contribution < -0.4 is 10.2 Å². The number of guanidine groups is 1. The maximum absolute atomic E-state index is 4.92. The summed E-state index contributed by atoms with van der Waals surface area (Å²) in [5.74, 6) is 1.00. The Bertz CT molecular complexity index is 695. The highest BCUT2D eigenvalue weighted by Crippen LogP contribution is 2.13. The zero-order valence-corrected chi connectivity index (χ0v) is 17.0. The SMILES string of the molecule is CCN(CCCNC(=NC)N1CCN(Cc2ccon2)CC1)c1ccccc1. The molecule has 0 amide bonds. The normalized spacial score (nSPS) is 15.6. The number of aliphatic imine (C=N–C) groups is 1. The van der Waals surface area contributed by atoms with Crippen molar-refractivity contribution in [2.75, 3.05) is 57.8 Å². The summed E-state index contributed by atoms with van der Waals surface area (Å²) in [7, 11) is 1.87. The van der Waals surface area contributed by atoms with Gasteiger partial charge in [0.15, 0.2) is 5.96 Å². The summed E-state index contributed by atoms with van der Waals surface area (Å²) in [5, 5.41) is 7.54. The van der Waals surface area contributed by atoms with Crippen LogP contribution in [0.1, 0.15) is 19.0 Å². The third-order valence-electron chi connectivity index (χ3n) is 5.15. The lowest BCUT2D eigenvalue weighted by atomic mass is 10.2. The molecule has 0 saturated carbocycles. The fourth-order valence-corrected chi connectivity index (χ4v) is 3.58. The Kier molecular flexibility index (Phi) is 7.72. The van der Waals surface area contributed by atoms with Gasteiger partial charge < -0.3 is 19.6 Å². The van der Waals surface area contributed by atoms with Crippen molar-refractivity contribution in [3.05, 3.63) is 48.4 Å². The van der Waals surface area contributed by atoms with Gasteiger partial charge in [0.1, 0.15) is 6.26 Å². The van der Waals surface area contributed by atoms with E-state index in [0.29, 0.717) is 0 Å². The minimum absolute atomic E-state index is 0.850. The zero-order chi connectivity index (χ0) is 19.6. The van der Waals surface area contributed by atoms with E-state index in [4.69, 9.17) is 4.52 Å². The molecule has 1 aliphatic rings. The van der Waals surface area contributed by atoms with E-state index >= 15 is 0 Å². The fraction of sp³-hybridized carbons (Fsp3) is 0.524. The molecule has 0 spiro atoms. The van der Waals surface area contributed by atoms with Crippen LogP contribution in [0.4, 0.5) is 5.69 Å². The van der Waals surface area contributed by atoms with Crippen LogP contribution in [-0.4, -0.2) is 73.8 Å². The highest BCUT2D eigenvalue weighted by molar-refractivity contribution is 5.80. The maximum Gasteiger partial charge on any atom is 0.193 e. The summed E-state index contributed by atoms with van der Waals surface area (Å²) in [5.41, 5.74) is 2.28. The molecule has 152 valence electrons. The van der Waals surface area contributed by atoms with Gasteiger partial charge in [0, 0.05) is 71.2 Å². The lowest BCUT2D eigenvalue weighted by Crippen LogP contribution is -2.52. The van der Waals surface area contributed by atoms with Gasteiger partial charge in [0.05, 0.1) is 5.69 Å². The predicted molar refractivity (Wildman–Crippen MR) is 114 cm³/mol. The van der Waals surface area contributed by atoms with Crippen molar-refractivity contribution in [3.8, 4) is 0 Å². The predicted octanol–water partition coefficient (Wildman–Crippen LogP) is 2.28. The van der Waals surface area contributed by atoms with E-state index in [-0.39, 0.29) is 0 Å². The third kappa shape index (κ3) is 5.73.